The Morgan fingerprint density at radius 2 is 1.88 bits per heavy atom. The highest BCUT2D eigenvalue weighted by Crippen LogP contribution is 2.48. The number of nitrogens with one attached hydrogen (secondary N) is 3. The number of anilines is 3. The Labute approximate surface area is 185 Å². The maximum Gasteiger partial charge on any atom is 0.255 e. The van der Waals surface area contributed by atoms with Crippen molar-refractivity contribution in [3.05, 3.63) is 77.2 Å². The van der Waals surface area contributed by atoms with Crippen LogP contribution in [0.15, 0.2) is 54.9 Å². The number of carbonyl (C=O) groups is 2. The van der Waals surface area contributed by atoms with Crippen molar-refractivity contribution >= 4 is 29.0 Å². The summed E-state index contributed by atoms with van der Waals surface area (Å²) in [5, 5.41) is 17.8. The van der Waals surface area contributed by atoms with Gasteiger partial charge in [0.2, 0.25) is 5.91 Å². The predicted octanol–water partition coefficient (Wildman–Crippen LogP) is 3.62. The van der Waals surface area contributed by atoms with E-state index in [1.165, 1.54) is 6.33 Å². The zero-order valence-electron chi connectivity index (χ0n) is 17.8. The van der Waals surface area contributed by atoms with Crippen molar-refractivity contribution in [3.63, 3.8) is 0 Å². The molecule has 0 radical (unpaired) electrons. The maximum atomic E-state index is 13.2. The fraction of sp³-hybridized carbons (Fsp3) is 0.208. The molecule has 0 atom stereocenters. The van der Waals surface area contributed by atoms with Crippen molar-refractivity contribution < 1.29 is 9.59 Å². The summed E-state index contributed by atoms with van der Waals surface area (Å²) in [7, 11) is 1.77. The van der Waals surface area contributed by atoms with E-state index >= 15 is 0 Å². The van der Waals surface area contributed by atoms with Gasteiger partial charge in [-0.15, -0.1) is 0 Å². The van der Waals surface area contributed by atoms with Gasteiger partial charge < -0.3 is 16.0 Å². The molecule has 0 saturated heterocycles. The lowest BCUT2D eigenvalue weighted by Crippen LogP contribution is -2.29. The molecular weight excluding hydrogens is 404 g/mol. The Bertz CT molecular complexity index is 1240. The van der Waals surface area contributed by atoms with Crippen LogP contribution < -0.4 is 16.0 Å². The van der Waals surface area contributed by atoms with Crippen LogP contribution in [-0.2, 0) is 10.2 Å². The number of hydrogen-bond donors (Lipinski definition) is 3. The molecule has 1 aromatic heterocycles. The van der Waals surface area contributed by atoms with Crippen molar-refractivity contribution in [1.29, 1.82) is 5.26 Å². The number of rotatable bonds is 6. The molecule has 1 heterocycles. The van der Waals surface area contributed by atoms with E-state index < -0.39 is 5.41 Å². The number of hydrogen-bond acceptors (Lipinski definition) is 6. The van der Waals surface area contributed by atoms with Gasteiger partial charge in [-0.25, -0.2) is 9.97 Å². The number of carbonyl (C=O) groups excluding carboxylic acids is 2. The van der Waals surface area contributed by atoms with E-state index in [4.69, 9.17) is 5.26 Å². The summed E-state index contributed by atoms with van der Waals surface area (Å²) >= 11 is 0. The Hall–Kier alpha value is -4.25. The van der Waals surface area contributed by atoms with Crippen LogP contribution in [0.2, 0.25) is 0 Å². The van der Waals surface area contributed by atoms with Crippen molar-refractivity contribution in [1.82, 2.24) is 9.97 Å². The minimum atomic E-state index is -0.684. The normalized spacial score (nSPS) is 13.5. The number of aryl methyl sites for hydroxylation is 1. The smallest absolute Gasteiger partial charge is 0.255 e. The second kappa shape index (κ2) is 8.47. The largest absolute Gasteiger partial charge is 0.373 e. The number of nitriles is 1. The lowest BCUT2D eigenvalue weighted by Gasteiger charge is -2.17. The van der Waals surface area contributed by atoms with Crippen LogP contribution in [0.5, 0.6) is 0 Å². The van der Waals surface area contributed by atoms with E-state index in [0.29, 0.717) is 46.9 Å². The molecular formula is C24H22N6O2. The first-order chi connectivity index (χ1) is 15.4. The highest BCUT2D eigenvalue weighted by atomic mass is 16.2. The summed E-state index contributed by atoms with van der Waals surface area (Å²) in [5.41, 5.74) is 2.80. The molecule has 4 rings (SSSR count). The quantitative estimate of drug-likeness (QED) is 0.554. The van der Waals surface area contributed by atoms with Crippen LogP contribution >= 0.6 is 0 Å². The van der Waals surface area contributed by atoms with Gasteiger partial charge >= 0.3 is 0 Å². The van der Waals surface area contributed by atoms with E-state index in [-0.39, 0.29) is 11.8 Å². The summed E-state index contributed by atoms with van der Waals surface area (Å²) in [5.74, 6) is 0.177. The van der Waals surface area contributed by atoms with Gasteiger partial charge in [-0.3, -0.25) is 9.59 Å². The third kappa shape index (κ3) is 4.14. The van der Waals surface area contributed by atoms with Gasteiger partial charge in [-0.1, -0.05) is 12.1 Å². The molecule has 0 aliphatic heterocycles. The van der Waals surface area contributed by atoms with Gasteiger partial charge in [0.05, 0.1) is 22.7 Å². The summed E-state index contributed by atoms with van der Waals surface area (Å²) < 4.78 is 0. The van der Waals surface area contributed by atoms with Gasteiger partial charge in [-0.2, -0.15) is 5.26 Å². The molecule has 0 unspecified atom stereocenters. The molecule has 1 fully saturated rings. The third-order valence-electron chi connectivity index (χ3n) is 5.60. The average molecular weight is 426 g/mol. The highest BCUT2D eigenvalue weighted by molar-refractivity contribution is 6.06. The Kier molecular flexibility index (Phi) is 5.56. The van der Waals surface area contributed by atoms with E-state index in [0.717, 1.165) is 5.56 Å². The van der Waals surface area contributed by atoms with Gasteiger partial charge in [0.15, 0.2) is 0 Å². The molecule has 2 amide bonds. The first kappa shape index (κ1) is 21.0. The topological polar surface area (TPSA) is 120 Å². The molecule has 8 nitrogen and oxygen atoms in total. The van der Waals surface area contributed by atoms with Gasteiger partial charge in [0, 0.05) is 30.1 Å². The van der Waals surface area contributed by atoms with E-state index in [1.807, 2.05) is 13.0 Å². The van der Waals surface area contributed by atoms with Crippen LogP contribution in [0.4, 0.5) is 17.2 Å². The lowest BCUT2D eigenvalue weighted by molar-refractivity contribution is -0.118. The van der Waals surface area contributed by atoms with Gasteiger partial charge in [0.25, 0.3) is 5.91 Å². The molecule has 1 saturated carbocycles. The van der Waals surface area contributed by atoms with Crippen LogP contribution in [-0.4, -0.2) is 28.8 Å². The van der Waals surface area contributed by atoms with Gasteiger partial charge in [-0.05, 0) is 55.7 Å². The van der Waals surface area contributed by atoms with Crippen LogP contribution in [0.25, 0.3) is 0 Å². The molecule has 32 heavy (non-hydrogen) atoms. The van der Waals surface area contributed by atoms with Crippen molar-refractivity contribution in [2.45, 2.75) is 25.2 Å². The minimum absolute atomic E-state index is 0.152. The molecule has 0 spiro atoms. The number of benzene rings is 2. The van der Waals surface area contributed by atoms with E-state index in [2.05, 4.69) is 25.9 Å². The Morgan fingerprint density at radius 1 is 1.06 bits per heavy atom. The summed E-state index contributed by atoms with van der Waals surface area (Å²) in [6.45, 7) is 1.87. The second-order valence-electron chi connectivity index (χ2n) is 7.75. The molecule has 160 valence electrons. The number of amides is 2. The highest BCUT2D eigenvalue weighted by Gasteiger charge is 2.53. The Morgan fingerprint density at radius 3 is 2.59 bits per heavy atom. The molecule has 2 aromatic carbocycles. The zero-order chi connectivity index (χ0) is 22.7. The lowest BCUT2D eigenvalue weighted by atomic mass is 10.00. The second-order valence-corrected chi connectivity index (χ2v) is 7.75. The molecule has 8 heteroatoms. The fourth-order valence-corrected chi connectivity index (χ4v) is 3.49. The fourth-order valence-electron chi connectivity index (χ4n) is 3.49. The summed E-state index contributed by atoms with van der Waals surface area (Å²) in [6, 6.07) is 15.7. The first-order valence-corrected chi connectivity index (χ1v) is 10.2. The Balaban J connectivity index is 1.53. The minimum Gasteiger partial charge on any atom is -0.373 e. The van der Waals surface area contributed by atoms with Crippen LogP contribution in [0.3, 0.4) is 0 Å². The standard InChI is InChI=1S/C24H22N6O2/c1-15-6-7-17(22(31)29-18-5-3-4-16(10-18)13-25)11-19(15)30-23(32)24(8-9-24)20-12-21(26-2)28-14-27-20/h3-7,10-12,14H,8-9H2,1-2H3,(H,29,31)(H,30,32)(H,26,27,28). The molecule has 1 aliphatic carbocycles. The first-order valence-electron chi connectivity index (χ1n) is 10.2. The van der Waals surface area contributed by atoms with Crippen molar-refractivity contribution in [2.75, 3.05) is 23.0 Å². The number of aromatic nitrogens is 2. The van der Waals surface area contributed by atoms with Gasteiger partial charge in [0.1, 0.15) is 12.1 Å². The molecule has 3 aromatic rings. The van der Waals surface area contributed by atoms with Crippen LogP contribution in [0, 0.1) is 18.3 Å². The molecule has 0 bridgehead atoms. The summed E-state index contributed by atoms with van der Waals surface area (Å²) in [6.07, 6.45) is 2.85. The SMILES string of the molecule is CNc1cc(C2(C(=O)Nc3cc(C(=O)Nc4cccc(C#N)c4)ccc3C)CC2)ncn1. The van der Waals surface area contributed by atoms with Crippen molar-refractivity contribution in [2.24, 2.45) is 0 Å². The maximum absolute atomic E-state index is 13.2. The van der Waals surface area contributed by atoms with E-state index in [9.17, 15) is 9.59 Å². The zero-order valence-corrected chi connectivity index (χ0v) is 17.8. The molecule has 1 aliphatic rings. The average Bonchev–Trinajstić information content (AvgIpc) is 3.63. The third-order valence-corrected chi connectivity index (χ3v) is 5.60. The monoisotopic (exact) mass is 426 g/mol. The molecule has 3 N–H and O–H groups in total. The van der Waals surface area contributed by atoms with Crippen LogP contribution in [0.1, 0.15) is 40.0 Å². The summed E-state index contributed by atoms with van der Waals surface area (Å²) in [4.78, 5) is 34.3. The predicted molar refractivity (Wildman–Crippen MR) is 121 cm³/mol. The number of nitrogens with zero attached hydrogens (tertiary/aromatic N) is 3. The van der Waals surface area contributed by atoms with E-state index in [1.54, 1.807) is 55.6 Å². The van der Waals surface area contributed by atoms with Crippen molar-refractivity contribution in [3.8, 4) is 6.07 Å².